The molecule has 0 aromatic heterocycles. The highest BCUT2D eigenvalue weighted by Crippen LogP contribution is 2.67. The third kappa shape index (κ3) is 7.77. The zero-order chi connectivity index (χ0) is 32.9. The van der Waals surface area contributed by atoms with E-state index < -0.39 is 0 Å². The number of benzene rings is 1. The summed E-state index contributed by atoms with van der Waals surface area (Å²) in [5.41, 5.74) is 25.8. The largest absolute Gasteiger partial charge is 0.488 e. The summed E-state index contributed by atoms with van der Waals surface area (Å²) in [6.45, 7) is 19.5. The molecule has 0 radical (unpaired) electrons. The highest BCUT2D eigenvalue weighted by Gasteiger charge is 2.59. The van der Waals surface area contributed by atoms with E-state index in [0.717, 1.165) is 54.1 Å². The van der Waals surface area contributed by atoms with Crippen molar-refractivity contribution in [3.05, 3.63) is 67.1 Å². The third-order valence-electron chi connectivity index (χ3n) is 12.8. The van der Waals surface area contributed by atoms with Crippen molar-refractivity contribution in [2.45, 2.75) is 111 Å². The van der Waals surface area contributed by atoms with Crippen molar-refractivity contribution < 1.29 is 4.74 Å². The van der Waals surface area contributed by atoms with E-state index in [4.69, 9.17) is 27.7 Å². The number of nitrogens with two attached hydrogens (primary N) is 4. The first-order valence-electron chi connectivity index (χ1n) is 17.9. The van der Waals surface area contributed by atoms with Crippen LogP contribution in [0.4, 0.5) is 11.4 Å². The smallest absolute Gasteiger partial charge is 0.142 e. The Morgan fingerprint density at radius 1 is 1.00 bits per heavy atom. The Morgan fingerprint density at radius 3 is 2.36 bits per heavy atom. The number of allylic oxidation sites excluding steroid dienone is 4. The number of fused-ring (bicyclic) bond motifs is 5. The number of anilines is 2. The fourth-order valence-corrected chi connectivity index (χ4v) is 9.98. The Kier molecular flexibility index (Phi) is 11.5. The van der Waals surface area contributed by atoms with Gasteiger partial charge in [-0.05, 0) is 128 Å². The molecule has 5 heteroatoms. The van der Waals surface area contributed by atoms with Crippen molar-refractivity contribution in [2.24, 2.45) is 63.7 Å². The summed E-state index contributed by atoms with van der Waals surface area (Å²) >= 11 is 0. The Hall–Kier alpha value is -2.82. The SMILES string of the molecule is C=C/C(N)=C\C(=C)N.CCC(C)CCCC(C)C1CCC2C3C=CC4CC(Oc5ccc(N)cc5N)CCC4(C)C3CCC12C. The minimum Gasteiger partial charge on any atom is -0.488 e. The van der Waals surface area contributed by atoms with Gasteiger partial charge in [0.2, 0.25) is 0 Å². The summed E-state index contributed by atoms with van der Waals surface area (Å²) in [5, 5.41) is 0. The lowest BCUT2D eigenvalue weighted by Gasteiger charge is -2.59. The van der Waals surface area contributed by atoms with Crippen LogP contribution in [-0.4, -0.2) is 6.10 Å². The summed E-state index contributed by atoms with van der Waals surface area (Å²) in [7, 11) is 0. The second-order valence-corrected chi connectivity index (χ2v) is 15.7. The Morgan fingerprint density at radius 2 is 1.71 bits per heavy atom. The molecule has 4 aliphatic carbocycles. The monoisotopic (exact) mass is 617 g/mol. The van der Waals surface area contributed by atoms with Gasteiger partial charge in [0.1, 0.15) is 5.75 Å². The average Bonchev–Trinajstić information content (AvgIpc) is 3.35. The predicted octanol–water partition coefficient (Wildman–Crippen LogP) is 9.37. The summed E-state index contributed by atoms with van der Waals surface area (Å²) in [6, 6.07) is 5.65. The van der Waals surface area contributed by atoms with Gasteiger partial charge in [-0.25, -0.2) is 0 Å². The minimum atomic E-state index is 0.242. The van der Waals surface area contributed by atoms with Crippen LogP contribution in [0.15, 0.2) is 67.1 Å². The maximum atomic E-state index is 6.44. The van der Waals surface area contributed by atoms with Gasteiger partial charge in [-0.3, -0.25) is 0 Å². The minimum absolute atomic E-state index is 0.242. The summed E-state index contributed by atoms with van der Waals surface area (Å²) in [4.78, 5) is 0. The lowest BCUT2D eigenvalue weighted by molar-refractivity contribution is -0.0783. The molecule has 0 heterocycles. The van der Waals surface area contributed by atoms with E-state index in [1.165, 1.54) is 63.9 Å². The van der Waals surface area contributed by atoms with Gasteiger partial charge < -0.3 is 27.7 Å². The quantitative estimate of drug-likeness (QED) is 0.119. The van der Waals surface area contributed by atoms with Crippen LogP contribution in [0, 0.1) is 52.3 Å². The first-order chi connectivity index (χ1) is 21.3. The zero-order valence-corrected chi connectivity index (χ0v) is 29.1. The normalized spacial score (nSPS) is 35.1. The Bertz CT molecular complexity index is 1240. The molecule has 10 unspecified atom stereocenters. The van der Waals surface area contributed by atoms with Gasteiger partial charge in [-0.15, -0.1) is 0 Å². The molecule has 4 aliphatic rings. The van der Waals surface area contributed by atoms with E-state index in [9.17, 15) is 0 Å². The first kappa shape index (κ1) is 35.0. The van der Waals surface area contributed by atoms with Crippen molar-refractivity contribution in [1.29, 1.82) is 0 Å². The molecule has 3 saturated carbocycles. The van der Waals surface area contributed by atoms with Crippen LogP contribution < -0.4 is 27.7 Å². The third-order valence-corrected chi connectivity index (χ3v) is 12.8. The van der Waals surface area contributed by atoms with Crippen molar-refractivity contribution in [2.75, 3.05) is 11.5 Å². The molecule has 0 saturated heterocycles. The van der Waals surface area contributed by atoms with Gasteiger partial charge in [0.05, 0.1) is 11.8 Å². The van der Waals surface area contributed by atoms with Crippen LogP contribution in [0.5, 0.6) is 5.75 Å². The maximum absolute atomic E-state index is 6.44. The lowest BCUT2D eigenvalue weighted by Crippen LogP contribution is -2.52. The first-order valence-corrected chi connectivity index (χ1v) is 17.9. The van der Waals surface area contributed by atoms with Gasteiger partial charge in [-0.2, -0.15) is 0 Å². The zero-order valence-electron chi connectivity index (χ0n) is 29.1. The summed E-state index contributed by atoms with van der Waals surface area (Å²) in [6.07, 6.45) is 23.5. The molecule has 5 nitrogen and oxygen atoms in total. The van der Waals surface area contributed by atoms with Gasteiger partial charge in [0, 0.05) is 17.1 Å². The van der Waals surface area contributed by atoms with E-state index in [-0.39, 0.29) is 6.10 Å². The molecule has 0 bridgehead atoms. The van der Waals surface area contributed by atoms with E-state index >= 15 is 0 Å². The van der Waals surface area contributed by atoms with Crippen molar-refractivity contribution in [3.8, 4) is 5.75 Å². The lowest BCUT2D eigenvalue weighted by atomic mass is 9.46. The predicted molar refractivity (Wildman–Crippen MR) is 193 cm³/mol. The van der Waals surface area contributed by atoms with Gasteiger partial charge in [0.15, 0.2) is 0 Å². The molecule has 250 valence electrons. The molecule has 0 spiro atoms. The van der Waals surface area contributed by atoms with Crippen LogP contribution in [-0.2, 0) is 0 Å². The van der Waals surface area contributed by atoms with Gasteiger partial charge in [0.25, 0.3) is 0 Å². The molecule has 0 amide bonds. The maximum Gasteiger partial charge on any atom is 0.142 e. The fraction of sp³-hybridized carbons (Fsp3) is 0.650. The number of rotatable bonds is 10. The number of nitrogen functional groups attached to an aromatic ring is 2. The van der Waals surface area contributed by atoms with Crippen LogP contribution in [0.25, 0.3) is 0 Å². The molecular formula is C40H64N4O. The summed E-state index contributed by atoms with van der Waals surface area (Å²) in [5.74, 6) is 6.59. The second kappa shape index (κ2) is 14.7. The van der Waals surface area contributed by atoms with E-state index in [1.54, 1.807) is 6.08 Å². The molecule has 10 atom stereocenters. The van der Waals surface area contributed by atoms with E-state index in [2.05, 4.69) is 59.9 Å². The topological polar surface area (TPSA) is 113 Å². The van der Waals surface area contributed by atoms with E-state index in [0.29, 0.717) is 39.5 Å². The average molecular weight is 617 g/mol. The molecule has 5 rings (SSSR count). The standard InChI is InChI=1S/C34H54N2O.C6H10N2/c1-6-22(2)8-7-9-23(3)28-13-14-29-27-12-10-24-20-26(37-32-15-11-25(35)21-31(32)36)16-18-33(24,4)30(27)17-19-34(28,29)5;1-3-6(8)4-5(2)7/h10-12,15,21-24,26-30H,6-9,13-14,16-20,35-36H2,1-5H3;3-4H,1-2,7-8H2/b;6-4+. The van der Waals surface area contributed by atoms with Crippen molar-refractivity contribution in [1.82, 2.24) is 0 Å². The highest BCUT2D eigenvalue weighted by atomic mass is 16.5. The number of ether oxygens (including phenoxy) is 1. The summed E-state index contributed by atoms with van der Waals surface area (Å²) < 4.78 is 6.44. The molecule has 1 aromatic rings. The Balaban J connectivity index is 0.000000510. The fourth-order valence-electron chi connectivity index (χ4n) is 9.98. The molecule has 0 aliphatic heterocycles. The molecule has 3 fully saturated rings. The van der Waals surface area contributed by atoms with Crippen LogP contribution >= 0.6 is 0 Å². The van der Waals surface area contributed by atoms with Crippen molar-refractivity contribution >= 4 is 11.4 Å². The molecule has 1 aromatic carbocycles. The molecule has 45 heavy (non-hydrogen) atoms. The van der Waals surface area contributed by atoms with Crippen molar-refractivity contribution in [3.63, 3.8) is 0 Å². The van der Waals surface area contributed by atoms with Crippen LogP contribution in [0.3, 0.4) is 0 Å². The van der Waals surface area contributed by atoms with Crippen LogP contribution in [0.2, 0.25) is 0 Å². The molecule has 8 N–H and O–H groups in total. The van der Waals surface area contributed by atoms with Gasteiger partial charge in [-0.1, -0.05) is 85.6 Å². The molecular weight excluding hydrogens is 552 g/mol. The van der Waals surface area contributed by atoms with Crippen LogP contribution in [0.1, 0.15) is 105 Å². The van der Waals surface area contributed by atoms with E-state index in [1.807, 2.05) is 18.2 Å². The second-order valence-electron chi connectivity index (χ2n) is 15.7. The number of hydrogen-bond acceptors (Lipinski definition) is 5. The van der Waals surface area contributed by atoms with Gasteiger partial charge >= 0.3 is 0 Å². The Labute approximate surface area is 275 Å². The number of hydrogen-bond donors (Lipinski definition) is 4. The highest BCUT2D eigenvalue weighted by molar-refractivity contribution is 5.60.